The van der Waals surface area contributed by atoms with E-state index in [1.54, 1.807) is 36.4 Å². The molecule has 0 bridgehead atoms. The molecule has 0 fully saturated rings. The van der Waals surface area contributed by atoms with Gasteiger partial charge in [0.1, 0.15) is 11.5 Å². The molecule has 0 aliphatic carbocycles. The van der Waals surface area contributed by atoms with Crippen molar-refractivity contribution in [3.63, 3.8) is 0 Å². The minimum absolute atomic E-state index is 0.181. The van der Waals surface area contributed by atoms with E-state index in [9.17, 15) is 9.59 Å². The number of benzene rings is 2. The normalized spacial score (nSPS) is 13.1. The fraction of sp³-hybridized carbons (Fsp3) is 0.222. The summed E-state index contributed by atoms with van der Waals surface area (Å²) >= 11 is 0. The van der Waals surface area contributed by atoms with Crippen molar-refractivity contribution in [3.05, 3.63) is 60.2 Å². The fourth-order valence-electron chi connectivity index (χ4n) is 2.34. The van der Waals surface area contributed by atoms with E-state index in [2.05, 4.69) is 0 Å². The van der Waals surface area contributed by atoms with Gasteiger partial charge in [0, 0.05) is 0 Å². The SMILES string of the molecule is CCCC(N)(C(N)=O)C(=O)c1ccccc1Oc1ccccc1. The van der Waals surface area contributed by atoms with Crippen LogP contribution in [0.2, 0.25) is 0 Å². The standard InChI is InChI=1S/C18H20N2O3/c1-2-12-18(20,17(19)22)16(21)14-10-6-7-11-15(14)23-13-8-4-3-5-9-13/h3-11H,2,12,20H2,1H3,(H2,19,22). The molecule has 0 aliphatic heterocycles. The first-order chi connectivity index (χ1) is 11.0. The first-order valence-electron chi connectivity index (χ1n) is 7.44. The smallest absolute Gasteiger partial charge is 0.245 e. The average molecular weight is 312 g/mol. The van der Waals surface area contributed by atoms with Crippen LogP contribution in [0.1, 0.15) is 30.1 Å². The Morgan fingerprint density at radius 2 is 1.65 bits per heavy atom. The summed E-state index contributed by atoms with van der Waals surface area (Å²) in [5, 5.41) is 0. The maximum absolute atomic E-state index is 12.8. The molecule has 0 aromatic heterocycles. The third-order valence-electron chi connectivity index (χ3n) is 3.59. The molecule has 0 aliphatic rings. The van der Waals surface area contributed by atoms with Crippen molar-refractivity contribution in [2.45, 2.75) is 25.3 Å². The molecule has 0 saturated carbocycles. The molecule has 23 heavy (non-hydrogen) atoms. The van der Waals surface area contributed by atoms with Crippen molar-refractivity contribution < 1.29 is 14.3 Å². The second kappa shape index (κ2) is 7.07. The summed E-state index contributed by atoms with van der Waals surface area (Å²) in [5.74, 6) is -0.432. The molecule has 2 rings (SSSR count). The number of carbonyl (C=O) groups is 2. The maximum Gasteiger partial charge on any atom is 0.245 e. The minimum Gasteiger partial charge on any atom is -0.457 e. The van der Waals surface area contributed by atoms with E-state index in [1.807, 2.05) is 25.1 Å². The predicted molar refractivity (Wildman–Crippen MR) is 88.3 cm³/mol. The second-order valence-electron chi connectivity index (χ2n) is 5.33. The number of ether oxygens (including phenoxy) is 1. The Labute approximate surface area is 135 Å². The predicted octanol–water partition coefficient (Wildman–Crippen LogP) is 2.64. The van der Waals surface area contributed by atoms with Crippen molar-refractivity contribution in [1.29, 1.82) is 0 Å². The molecule has 0 heterocycles. The van der Waals surface area contributed by atoms with E-state index in [-0.39, 0.29) is 12.0 Å². The molecule has 0 radical (unpaired) electrons. The molecule has 2 aromatic carbocycles. The number of primary amides is 1. The van der Waals surface area contributed by atoms with Crippen LogP contribution in [0, 0.1) is 0 Å². The number of Topliss-reactive ketones (excluding diaryl/α,β-unsaturated/α-hetero) is 1. The summed E-state index contributed by atoms with van der Waals surface area (Å²) in [5.41, 5.74) is 9.89. The Hall–Kier alpha value is -2.66. The van der Waals surface area contributed by atoms with E-state index in [1.165, 1.54) is 0 Å². The lowest BCUT2D eigenvalue weighted by atomic mass is 9.85. The van der Waals surface area contributed by atoms with Crippen LogP contribution in [0.15, 0.2) is 54.6 Å². The molecule has 5 heteroatoms. The summed E-state index contributed by atoms with van der Waals surface area (Å²) in [6.07, 6.45) is 0.744. The van der Waals surface area contributed by atoms with Crippen molar-refractivity contribution in [2.24, 2.45) is 11.5 Å². The number of ketones is 1. The van der Waals surface area contributed by atoms with Crippen LogP contribution in [0.3, 0.4) is 0 Å². The van der Waals surface area contributed by atoms with E-state index < -0.39 is 17.2 Å². The molecule has 0 spiro atoms. The van der Waals surface area contributed by atoms with Gasteiger partial charge in [-0.1, -0.05) is 43.7 Å². The lowest BCUT2D eigenvalue weighted by Crippen LogP contribution is -2.58. The van der Waals surface area contributed by atoms with Gasteiger partial charge in [-0.15, -0.1) is 0 Å². The van der Waals surface area contributed by atoms with Gasteiger partial charge in [-0.3, -0.25) is 9.59 Å². The molecule has 1 atom stereocenters. The maximum atomic E-state index is 12.8. The number of carbonyl (C=O) groups excluding carboxylic acids is 2. The summed E-state index contributed by atoms with van der Waals surface area (Å²) < 4.78 is 5.76. The Morgan fingerprint density at radius 1 is 1.04 bits per heavy atom. The van der Waals surface area contributed by atoms with Crippen LogP contribution in [0.4, 0.5) is 0 Å². The van der Waals surface area contributed by atoms with Gasteiger partial charge < -0.3 is 16.2 Å². The Morgan fingerprint density at radius 3 is 2.26 bits per heavy atom. The van der Waals surface area contributed by atoms with Crippen LogP contribution in [0.5, 0.6) is 11.5 Å². The molecule has 1 unspecified atom stereocenters. The first kappa shape index (κ1) is 16.7. The zero-order valence-electron chi connectivity index (χ0n) is 13.0. The lowest BCUT2D eigenvalue weighted by Gasteiger charge is -2.24. The van der Waals surface area contributed by atoms with Gasteiger partial charge >= 0.3 is 0 Å². The fourth-order valence-corrected chi connectivity index (χ4v) is 2.34. The zero-order valence-corrected chi connectivity index (χ0v) is 13.0. The van der Waals surface area contributed by atoms with Gasteiger partial charge in [-0.05, 0) is 30.7 Å². The zero-order chi connectivity index (χ0) is 16.9. The van der Waals surface area contributed by atoms with Crippen molar-refractivity contribution in [3.8, 4) is 11.5 Å². The van der Waals surface area contributed by atoms with Gasteiger partial charge in [0.15, 0.2) is 11.3 Å². The van der Waals surface area contributed by atoms with Crippen LogP contribution >= 0.6 is 0 Å². The third-order valence-corrected chi connectivity index (χ3v) is 3.59. The number of amides is 1. The van der Waals surface area contributed by atoms with Crippen molar-refractivity contribution >= 4 is 11.7 Å². The highest BCUT2D eigenvalue weighted by molar-refractivity contribution is 6.18. The molecule has 1 amide bonds. The first-order valence-corrected chi connectivity index (χ1v) is 7.44. The van der Waals surface area contributed by atoms with E-state index in [0.717, 1.165) is 0 Å². The van der Waals surface area contributed by atoms with Gasteiger partial charge in [0.25, 0.3) is 0 Å². The number of nitrogens with two attached hydrogens (primary N) is 2. The monoisotopic (exact) mass is 312 g/mol. The number of para-hydroxylation sites is 2. The molecule has 5 nitrogen and oxygen atoms in total. The Balaban J connectivity index is 2.39. The molecule has 0 saturated heterocycles. The quantitative estimate of drug-likeness (QED) is 0.607. The number of rotatable bonds is 7. The highest BCUT2D eigenvalue weighted by Gasteiger charge is 2.41. The van der Waals surface area contributed by atoms with E-state index in [0.29, 0.717) is 17.9 Å². The molecular weight excluding hydrogens is 292 g/mol. The van der Waals surface area contributed by atoms with Crippen LogP contribution in [-0.4, -0.2) is 17.2 Å². The minimum atomic E-state index is -1.73. The topological polar surface area (TPSA) is 95.4 Å². The van der Waals surface area contributed by atoms with Gasteiger partial charge in [0.2, 0.25) is 5.91 Å². The van der Waals surface area contributed by atoms with Crippen LogP contribution in [-0.2, 0) is 4.79 Å². The molecule has 2 aromatic rings. The molecule has 4 N–H and O–H groups in total. The van der Waals surface area contributed by atoms with E-state index >= 15 is 0 Å². The van der Waals surface area contributed by atoms with E-state index in [4.69, 9.17) is 16.2 Å². The number of hydrogen-bond acceptors (Lipinski definition) is 4. The van der Waals surface area contributed by atoms with Gasteiger partial charge in [0.05, 0.1) is 5.56 Å². The lowest BCUT2D eigenvalue weighted by molar-refractivity contribution is -0.121. The summed E-state index contributed by atoms with van der Waals surface area (Å²) in [6.45, 7) is 1.84. The number of hydrogen-bond donors (Lipinski definition) is 2. The highest BCUT2D eigenvalue weighted by atomic mass is 16.5. The van der Waals surface area contributed by atoms with Crippen molar-refractivity contribution in [1.82, 2.24) is 0 Å². The summed E-state index contributed by atoms with van der Waals surface area (Å²) in [4.78, 5) is 24.5. The van der Waals surface area contributed by atoms with Crippen molar-refractivity contribution in [2.75, 3.05) is 0 Å². The summed E-state index contributed by atoms with van der Waals surface area (Å²) in [7, 11) is 0. The highest BCUT2D eigenvalue weighted by Crippen LogP contribution is 2.28. The van der Waals surface area contributed by atoms with Gasteiger partial charge in [-0.2, -0.15) is 0 Å². The van der Waals surface area contributed by atoms with Gasteiger partial charge in [-0.25, -0.2) is 0 Å². The van der Waals surface area contributed by atoms with Crippen LogP contribution in [0.25, 0.3) is 0 Å². The average Bonchev–Trinajstić information content (AvgIpc) is 2.55. The molecular formula is C18H20N2O3. The largest absolute Gasteiger partial charge is 0.457 e. The Bertz CT molecular complexity index is 700. The van der Waals surface area contributed by atoms with Crippen LogP contribution < -0.4 is 16.2 Å². The molecule has 120 valence electrons. The Kier molecular flexibility index (Phi) is 5.13. The second-order valence-corrected chi connectivity index (χ2v) is 5.33. The summed E-state index contributed by atoms with van der Waals surface area (Å²) in [6, 6.07) is 15.8. The third kappa shape index (κ3) is 3.57.